The van der Waals surface area contributed by atoms with Crippen molar-refractivity contribution < 1.29 is 22.7 Å². The quantitative estimate of drug-likeness (QED) is 0.729. The molecule has 160 valence electrons. The molecular formula is C21H25N3O5S. The van der Waals surface area contributed by atoms with Gasteiger partial charge in [-0.15, -0.1) is 0 Å². The van der Waals surface area contributed by atoms with Crippen molar-refractivity contribution in [3.05, 3.63) is 59.7 Å². The minimum Gasteiger partial charge on any atom is -0.497 e. The van der Waals surface area contributed by atoms with E-state index in [0.717, 1.165) is 6.26 Å². The van der Waals surface area contributed by atoms with Gasteiger partial charge in [-0.05, 0) is 61.4 Å². The Bertz CT molecular complexity index is 996. The zero-order valence-electron chi connectivity index (χ0n) is 16.9. The van der Waals surface area contributed by atoms with E-state index in [4.69, 9.17) is 4.74 Å². The first-order chi connectivity index (χ1) is 14.2. The maximum atomic E-state index is 12.7. The Morgan fingerprint density at radius 3 is 2.07 bits per heavy atom. The van der Waals surface area contributed by atoms with Crippen molar-refractivity contribution >= 4 is 27.5 Å². The van der Waals surface area contributed by atoms with Crippen LogP contribution in [0.25, 0.3) is 0 Å². The number of rotatable bonds is 6. The lowest BCUT2D eigenvalue weighted by atomic mass is 10.0. The molecule has 0 saturated carbocycles. The lowest BCUT2D eigenvalue weighted by Crippen LogP contribution is -2.46. The predicted octanol–water partition coefficient (Wildman–Crippen LogP) is 2.10. The average molecular weight is 432 g/mol. The summed E-state index contributed by atoms with van der Waals surface area (Å²) in [5.41, 5.74) is 1.47. The third-order valence-electron chi connectivity index (χ3n) is 4.90. The van der Waals surface area contributed by atoms with Gasteiger partial charge in [0, 0.05) is 35.9 Å². The summed E-state index contributed by atoms with van der Waals surface area (Å²) in [5, 5.41) is 3.02. The minimum absolute atomic E-state index is 0.00462. The summed E-state index contributed by atoms with van der Waals surface area (Å²) in [6.45, 7) is 1.07. The number of likely N-dealkylation sites (tertiary alicyclic amines) is 1. The summed E-state index contributed by atoms with van der Waals surface area (Å²) in [6, 6.07) is 13.3. The molecule has 2 N–H and O–H groups in total. The summed E-state index contributed by atoms with van der Waals surface area (Å²) < 4.78 is 30.0. The van der Waals surface area contributed by atoms with Crippen LogP contribution in [0.5, 0.6) is 5.75 Å². The van der Waals surface area contributed by atoms with E-state index in [0.29, 0.717) is 48.5 Å². The van der Waals surface area contributed by atoms with Crippen LogP contribution in [0.15, 0.2) is 48.5 Å². The fourth-order valence-electron chi connectivity index (χ4n) is 3.32. The van der Waals surface area contributed by atoms with Crippen LogP contribution in [0, 0.1) is 0 Å². The third-order valence-corrected chi connectivity index (χ3v) is 5.51. The number of hydrogen-bond donors (Lipinski definition) is 2. The first kappa shape index (κ1) is 21.6. The van der Waals surface area contributed by atoms with Gasteiger partial charge in [-0.25, -0.2) is 8.42 Å². The SMILES string of the molecule is COc1ccc(C(=O)NC2CCN(C(=O)c3ccc(NS(C)(=O)=O)cc3)CC2)cc1. The Balaban J connectivity index is 1.52. The fraction of sp³-hybridized carbons (Fsp3) is 0.333. The molecule has 0 radical (unpaired) electrons. The number of piperidine rings is 1. The van der Waals surface area contributed by atoms with Crippen molar-refractivity contribution in [2.24, 2.45) is 0 Å². The van der Waals surface area contributed by atoms with Gasteiger partial charge < -0.3 is 15.0 Å². The molecule has 0 bridgehead atoms. The standard InChI is InChI=1S/C21H25N3O5S/c1-29-19-9-5-15(6-10-19)20(25)22-17-11-13-24(14-12-17)21(26)16-3-7-18(8-4-16)23-30(2,27)28/h3-10,17,23H,11-14H2,1-2H3,(H,22,25). The summed E-state index contributed by atoms with van der Waals surface area (Å²) in [7, 11) is -1.78. The molecule has 8 nitrogen and oxygen atoms in total. The zero-order chi connectivity index (χ0) is 21.7. The number of benzene rings is 2. The molecule has 3 rings (SSSR count). The molecule has 0 aliphatic carbocycles. The molecule has 0 atom stereocenters. The number of ether oxygens (including phenoxy) is 1. The van der Waals surface area contributed by atoms with Gasteiger partial charge >= 0.3 is 0 Å². The number of hydrogen-bond acceptors (Lipinski definition) is 5. The molecular weight excluding hydrogens is 406 g/mol. The van der Waals surface area contributed by atoms with E-state index in [2.05, 4.69) is 10.0 Å². The van der Waals surface area contributed by atoms with Crippen LogP contribution in [0.1, 0.15) is 33.6 Å². The Labute approximate surface area is 176 Å². The van der Waals surface area contributed by atoms with Gasteiger partial charge in [-0.3, -0.25) is 14.3 Å². The first-order valence-electron chi connectivity index (χ1n) is 9.57. The smallest absolute Gasteiger partial charge is 0.253 e. The molecule has 1 saturated heterocycles. The molecule has 30 heavy (non-hydrogen) atoms. The lowest BCUT2D eigenvalue weighted by Gasteiger charge is -2.32. The topological polar surface area (TPSA) is 105 Å². The van der Waals surface area contributed by atoms with Crippen molar-refractivity contribution in [2.45, 2.75) is 18.9 Å². The van der Waals surface area contributed by atoms with Crippen LogP contribution in [-0.4, -0.2) is 57.6 Å². The van der Waals surface area contributed by atoms with E-state index < -0.39 is 10.0 Å². The highest BCUT2D eigenvalue weighted by molar-refractivity contribution is 7.92. The van der Waals surface area contributed by atoms with Crippen LogP contribution >= 0.6 is 0 Å². The molecule has 2 aromatic carbocycles. The maximum Gasteiger partial charge on any atom is 0.253 e. The van der Waals surface area contributed by atoms with Gasteiger partial charge in [0.15, 0.2) is 0 Å². The van der Waals surface area contributed by atoms with Gasteiger partial charge in [-0.1, -0.05) is 0 Å². The average Bonchev–Trinajstić information content (AvgIpc) is 2.73. The molecule has 1 heterocycles. The molecule has 2 amide bonds. The van der Waals surface area contributed by atoms with Crippen LogP contribution in [0.2, 0.25) is 0 Å². The highest BCUT2D eigenvalue weighted by atomic mass is 32.2. The van der Waals surface area contributed by atoms with Crippen LogP contribution in [0.4, 0.5) is 5.69 Å². The molecule has 9 heteroatoms. The number of sulfonamides is 1. The van der Waals surface area contributed by atoms with E-state index >= 15 is 0 Å². The largest absolute Gasteiger partial charge is 0.497 e. The number of carbonyl (C=O) groups excluding carboxylic acids is 2. The molecule has 1 aliphatic heterocycles. The van der Waals surface area contributed by atoms with E-state index in [1.165, 1.54) is 0 Å². The zero-order valence-corrected chi connectivity index (χ0v) is 17.7. The summed E-state index contributed by atoms with van der Waals surface area (Å²) in [5.74, 6) is 0.440. The lowest BCUT2D eigenvalue weighted by molar-refractivity contribution is 0.0698. The van der Waals surface area contributed by atoms with Gasteiger partial charge in [-0.2, -0.15) is 0 Å². The predicted molar refractivity (Wildman–Crippen MR) is 114 cm³/mol. The number of carbonyl (C=O) groups is 2. The minimum atomic E-state index is -3.36. The number of anilines is 1. The highest BCUT2D eigenvalue weighted by Gasteiger charge is 2.25. The Morgan fingerprint density at radius 2 is 1.53 bits per heavy atom. The van der Waals surface area contributed by atoms with E-state index in [1.54, 1.807) is 60.5 Å². The van der Waals surface area contributed by atoms with Crippen molar-refractivity contribution in [1.82, 2.24) is 10.2 Å². The molecule has 0 aromatic heterocycles. The first-order valence-corrected chi connectivity index (χ1v) is 11.5. The summed E-state index contributed by atoms with van der Waals surface area (Å²) in [6.07, 6.45) is 2.41. The Hall–Kier alpha value is -3.07. The van der Waals surface area contributed by atoms with Crippen LogP contribution in [0.3, 0.4) is 0 Å². The molecule has 2 aromatic rings. The van der Waals surface area contributed by atoms with Crippen molar-refractivity contribution in [3.63, 3.8) is 0 Å². The Kier molecular flexibility index (Phi) is 6.61. The molecule has 1 aliphatic rings. The summed E-state index contributed by atoms with van der Waals surface area (Å²) >= 11 is 0. The monoisotopic (exact) mass is 431 g/mol. The second kappa shape index (κ2) is 9.17. The maximum absolute atomic E-state index is 12.7. The number of methoxy groups -OCH3 is 1. The van der Waals surface area contributed by atoms with Gasteiger partial charge in [0.2, 0.25) is 10.0 Å². The normalized spacial score (nSPS) is 14.8. The number of nitrogens with one attached hydrogen (secondary N) is 2. The highest BCUT2D eigenvalue weighted by Crippen LogP contribution is 2.17. The van der Waals surface area contributed by atoms with Gasteiger partial charge in [0.05, 0.1) is 13.4 Å². The summed E-state index contributed by atoms with van der Waals surface area (Å²) in [4.78, 5) is 26.8. The van der Waals surface area contributed by atoms with E-state index in [-0.39, 0.29) is 17.9 Å². The number of nitrogens with zero attached hydrogens (tertiary/aromatic N) is 1. The van der Waals surface area contributed by atoms with Crippen molar-refractivity contribution in [1.29, 1.82) is 0 Å². The molecule has 0 unspecified atom stereocenters. The number of amides is 2. The van der Waals surface area contributed by atoms with E-state index in [9.17, 15) is 18.0 Å². The second-order valence-electron chi connectivity index (χ2n) is 7.22. The molecule has 1 fully saturated rings. The van der Waals surface area contributed by atoms with Gasteiger partial charge in [0.1, 0.15) is 5.75 Å². The van der Waals surface area contributed by atoms with E-state index in [1.807, 2.05) is 0 Å². The third kappa shape index (κ3) is 5.73. The second-order valence-corrected chi connectivity index (χ2v) is 8.97. The van der Waals surface area contributed by atoms with Crippen molar-refractivity contribution in [3.8, 4) is 5.75 Å². The fourth-order valence-corrected chi connectivity index (χ4v) is 3.88. The van der Waals surface area contributed by atoms with Crippen molar-refractivity contribution in [2.75, 3.05) is 31.2 Å². The van der Waals surface area contributed by atoms with Crippen LogP contribution in [-0.2, 0) is 10.0 Å². The van der Waals surface area contributed by atoms with Crippen LogP contribution < -0.4 is 14.8 Å². The Morgan fingerprint density at radius 1 is 0.967 bits per heavy atom. The van der Waals surface area contributed by atoms with Gasteiger partial charge in [0.25, 0.3) is 11.8 Å². The molecule has 0 spiro atoms.